The van der Waals surface area contributed by atoms with E-state index in [9.17, 15) is 10.1 Å². The van der Waals surface area contributed by atoms with Gasteiger partial charge in [-0.1, -0.05) is 0 Å². The summed E-state index contributed by atoms with van der Waals surface area (Å²) in [7, 11) is 0. The lowest BCUT2D eigenvalue weighted by molar-refractivity contribution is -0.385. The van der Waals surface area contributed by atoms with Gasteiger partial charge in [0.25, 0.3) is 5.69 Å². The smallest absolute Gasteiger partial charge is 0.286 e. The molecule has 74 valence electrons. The minimum atomic E-state index is -0.422. The highest BCUT2D eigenvalue weighted by molar-refractivity contribution is 8.93. The highest BCUT2D eigenvalue weighted by Gasteiger charge is 2.06. The number of aryl methyl sites for hydroxylation is 1. The van der Waals surface area contributed by atoms with E-state index < -0.39 is 4.92 Å². The molecule has 0 aromatic carbocycles. The van der Waals surface area contributed by atoms with Crippen molar-refractivity contribution in [3.8, 4) is 0 Å². The first kappa shape index (κ1) is 10.6. The summed E-state index contributed by atoms with van der Waals surface area (Å²) in [5.74, 6) is 0. The molecule has 0 radical (unpaired) electrons. The molecule has 2 aromatic heterocycles. The van der Waals surface area contributed by atoms with Gasteiger partial charge in [-0.2, -0.15) is 0 Å². The van der Waals surface area contributed by atoms with E-state index in [1.54, 1.807) is 16.7 Å². The first-order chi connectivity index (χ1) is 6.16. The Labute approximate surface area is 90.3 Å². The third-order valence-electron chi connectivity index (χ3n) is 1.77. The summed E-state index contributed by atoms with van der Waals surface area (Å²) in [6, 6.07) is 3.08. The average Bonchev–Trinajstić information content (AvgIpc) is 2.42. The number of pyridine rings is 1. The maximum absolute atomic E-state index is 10.4. The van der Waals surface area contributed by atoms with E-state index in [1.807, 2.05) is 6.92 Å². The third kappa shape index (κ3) is 1.74. The maximum atomic E-state index is 10.4. The minimum absolute atomic E-state index is 0. The molecule has 0 spiro atoms. The van der Waals surface area contributed by atoms with Crippen molar-refractivity contribution in [2.45, 2.75) is 6.92 Å². The van der Waals surface area contributed by atoms with Crippen molar-refractivity contribution in [1.82, 2.24) is 9.38 Å². The Morgan fingerprint density at radius 1 is 1.43 bits per heavy atom. The highest BCUT2D eigenvalue weighted by atomic mass is 79.9. The zero-order chi connectivity index (χ0) is 9.42. The molecule has 0 aliphatic rings. The first-order valence-electron chi connectivity index (χ1n) is 3.76. The van der Waals surface area contributed by atoms with E-state index >= 15 is 0 Å². The molecule has 2 heterocycles. The fraction of sp³-hybridized carbons (Fsp3) is 0.125. The van der Waals surface area contributed by atoms with Crippen molar-refractivity contribution in [3.05, 3.63) is 40.3 Å². The predicted molar refractivity (Wildman–Crippen MR) is 56.9 cm³/mol. The maximum Gasteiger partial charge on any atom is 0.286 e. The van der Waals surface area contributed by atoms with Gasteiger partial charge in [0.15, 0.2) is 0 Å². The third-order valence-corrected chi connectivity index (χ3v) is 1.77. The summed E-state index contributed by atoms with van der Waals surface area (Å²) < 4.78 is 1.65. The standard InChI is InChI=1S/C8H7N3O2.BrH/c1-6-4-10-5-7(11(12)13)2-3-8(10)9-6;/h2-5H,1H3;1H. The van der Waals surface area contributed by atoms with E-state index in [4.69, 9.17) is 0 Å². The molecule has 14 heavy (non-hydrogen) atoms. The summed E-state index contributed by atoms with van der Waals surface area (Å²) in [5, 5.41) is 10.4. The van der Waals surface area contributed by atoms with Crippen LogP contribution in [-0.4, -0.2) is 14.3 Å². The Balaban J connectivity index is 0.000000980. The molecule has 0 amide bonds. The molecule has 2 aromatic rings. The molecular formula is C8H8BrN3O2. The Hall–Kier alpha value is -1.43. The molecule has 0 aliphatic carbocycles. The summed E-state index contributed by atoms with van der Waals surface area (Å²) in [5.41, 5.74) is 1.65. The number of imidazole rings is 1. The number of hydrogen-bond donors (Lipinski definition) is 0. The number of aromatic nitrogens is 2. The monoisotopic (exact) mass is 257 g/mol. The molecule has 2 rings (SSSR count). The topological polar surface area (TPSA) is 60.4 Å². The minimum Gasteiger partial charge on any atom is -0.300 e. The second-order valence-electron chi connectivity index (χ2n) is 2.79. The molecule has 0 atom stereocenters. The number of hydrogen-bond acceptors (Lipinski definition) is 3. The molecule has 0 unspecified atom stereocenters. The molecule has 0 aliphatic heterocycles. The van der Waals surface area contributed by atoms with Gasteiger partial charge in [0.05, 0.1) is 16.8 Å². The van der Waals surface area contributed by atoms with Crippen LogP contribution in [0.2, 0.25) is 0 Å². The first-order valence-corrected chi connectivity index (χ1v) is 3.76. The van der Waals surface area contributed by atoms with Gasteiger partial charge in [-0.15, -0.1) is 17.0 Å². The number of halogens is 1. The lowest BCUT2D eigenvalue weighted by Gasteiger charge is -1.92. The number of fused-ring (bicyclic) bond motifs is 1. The predicted octanol–water partition coefficient (Wildman–Crippen LogP) is 2.13. The summed E-state index contributed by atoms with van der Waals surface area (Å²) in [6.07, 6.45) is 3.21. The largest absolute Gasteiger partial charge is 0.300 e. The fourth-order valence-electron chi connectivity index (χ4n) is 1.21. The molecule has 0 N–H and O–H groups in total. The average molecular weight is 258 g/mol. The van der Waals surface area contributed by atoms with Crippen molar-refractivity contribution in [2.75, 3.05) is 0 Å². The summed E-state index contributed by atoms with van der Waals surface area (Å²) >= 11 is 0. The van der Waals surface area contributed by atoms with E-state index in [-0.39, 0.29) is 22.7 Å². The van der Waals surface area contributed by atoms with Gasteiger partial charge in [0.2, 0.25) is 0 Å². The van der Waals surface area contributed by atoms with Crippen LogP contribution in [0.15, 0.2) is 24.5 Å². The van der Waals surface area contributed by atoms with Gasteiger partial charge in [0, 0.05) is 12.3 Å². The van der Waals surface area contributed by atoms with Crippen molar-refractivity contribution < 1.29 is 4.92 Å². The van der Waals surface area contributed by atoms with Crippen LogP contribution in [0.5, 0.6) is 0 Å². The van der Waals surface area contributed by atoms with Gasteiger partial charge < -0.3 is 0 Å². The second kappa shape index (κ2) is 3.75. The van der Waals surface area contributed by atoms with Gasteiger partial charge in [-0.3, -0.25) is 14.5 Å². The van der Waals surface area contributed by atoms with E-state index in [0.717, 1.165) is 11.3 Å². The SMILES string of the molecule is Br.Cc1cn2cc([N+](=O)[O-])ccc2n1. The van der Waals surface area contributed by atoms with Crippen LogP contribution < -0.4 is 0 Å². The fourth-order valence-corrected chi connectivity index (χ4v) is 1.21. The quantitative estimate of drug-likeness (QED) is 0.581. The van der Waals surface area contributed by atoms with Crippen LogP contribution in [0.4, 0.5) is 5.69 Å². The van der Waals surface area contributed by atoms with E-state index in [1.165, 1.54) is 12.3 Å². The molecular weight excluding hydrogens is 250 g/mol. The number of nitro groups is 1. The van der Waals surface area contributed by atoms with Gasteiger partial charge in [0.1, 0.15) is 5.65 Å². The van der Waals surface area contributed by atoms with Crippen molar-refractivity contribution in [2.24, 2.45) is 0 Å². The summed E-state index contributed by atoms with van der Waals surface area (Å²) in [6.45, 7) is 1.85. The molecule has 0 saturated carbocycles. The number of nitrogens with zero attached hydrogens (tertiary/aromatic N) is 3. The van der Waals surface area contributed by atoms with Crippen molar-refractivity contribution >= 4 is 28.3 Å². The van der Waals surface area contributed by atoms with Crippen molar-refractivity contribution in [1.29, 1.82) is 0 Å². The highest BCUT2D eigenvalue weighted by Crippen LogP contribution is 2.12. The second-order valence-corrected chi connectivity index (χ2v) is 2.79. The van der Waals surface area contributed by atoms with E-state index in [2.05, 4.69) is 4.98 Å². The summed E-state index contributed by atoms with van der Waals surface area (Å²) in [4.78, 5) is 14.2. The van der Waals surface area contributed by atoms with Crippen LogP contribution in [0.1, 0.15) is 5.69 Å². The molecule has 5 nitrogen and oxygen atoms in total. The Bertz CT molecular complexity index is 480. The molecule has 6 heteroatoms. The normalized spacial score (nSPS) is 9.79. The van der Waals surface area contributed by atoms with Crippen LogP contribution in [0.25, 0.3) is 5.65 Å². The zero-order valence-electron chi connectivity index (χ0n) is 7.38. The van der Waals surface area contributed by atoms with Gasteiger partial charge in [-0.05, 0) is 13.0 Å². The Kier molecular flexibility index (Phi) is 2.85. The van der Waals surface area contributed by atoms with Crippen LogP contribution in [0, 0.1) is 17.0 Å². The van der Waals surface area contributed by atoms with Gasteiger partial charge >= 0.3 is 0 Å². The Morgan fingerprint density at radius 2 is 2.14 bits per heavy atom. The molecule has 0 fully saturated rings. The molecule has 0 bridgehead atoms. The lowest BCUT2D eigenvalue weighted by atomic mass is 10.4. The Morgan fingerprint density at radius 3 is 2.79 bits per heavy atom. The van der Waals surface area contributed by atoms with E-state index in [0.29, 0.717) is 0 Å². The van der Waals surface area contributed by atoms with Crippen molar-refractivity contribution in [3.63, 3.8) is 0 Å². The lowest BCUT2D eigenvalue weighted by Crippen LogP contribution is -1.90. The number of rotatable bonds is 1. The van der Waals surface area contributed by atoms with Crippen LogP contribution in [-0.2, 0) is 0 Å². The molecule has 0 saturated heterocycles. The van der Waals surface area contributed by atoms with Gasteiger partial charge in [-0.25, -0.2) is 4.98 Å². The zero-order valence-corrected chi connectivity index (χ0v) is 9.09. The van der Waals surface area contributed by atoms with Crippen LogP contribution in [0.3, 0.4) is 0 Å². The van der Waals surface area contributed by atoms with Crippen LogP contribution >= 0.6 is 17.0 Å².